The molecule has 0 radical (unpaired) electrons. The van der Waals surface area contributed by atoms with Gasteiger partial charge in [-0.15, -0.1) is 0 Å². The number of aromatic nitrogens is 3. The van der Waals surface area contributed by atoms with Crippen LogP contribution in [0.25, 0.3) is 11.3 Å². The number of rotatable bonds is 5. The second-order valence-electron chi connectivity index (χ2n) is 6.13. The average molecular weight is 357 g/mol. The van der Waals surface area contributed by atoms with Gasteiger partial charge in [0.25, 0.3) is 0 Å². The van der Waals surface area contributed by atoms with E-state index in [1.54, 1.807) is 12.1 Å². The first-order chi connectivity index (χ1) is 13.2. The van der Waals surface area contributed by atoms with E-state index in [9.17, 15) is 9.65 Å². The molecule has 4 rings (SSSR count). The molecule has 0 aliphatic rings. The molecule has 132 valence electrons. The summed E-state index contributed by atoms with van der Waals surface area (Å²) in [6.45, 7) is 0. The number of anilines is 2. The molecule has 3 N–H and O–H groups in total. The van der Waals surface area contributed by atoms with Crippen LogP contribution in [0.1, 0.15) is 16.8 Å². The van der Waals surface area contributed by atoms with Crippen molar-refractivity contribution in [2.24, 2.45) is 0 Å². The van der Waals surface area contributed by atoms with Gasteiger partial charge >= 0.3 is 0 Å². The number of benzene rings is 2. The monoisotopic (exact) mass is 357 g/mol. The third-order valence-corrected chi connectivity index (χ3v) is 4.26. The van der Waals surface area contributed by atoms with E-state index < -0.39 is 0 Å². The summed E-state index contributed by atoms with van der Waals surface area (Å²) in [5.41, 5.74) is 4.84. The van der Waals surface area contributed by atoms with Crippen LogP contribution in [-0.4, -0.2) is 15.2 Å². The molecule has 0 unspecified atom stereocenters. The lowest BCUT2D eigenvalue weighted by molar-refractivity contribution is 0.628. The van der Waals surface area contributed by atoms with Crippen LogP contribution >= 0.6 is 0 Å². The Labute approximate surface area is 155 Å². The molecule has 0 aliphatic carbocycles. The molecular weight excluding hydrogens is 341 g/mol. The van der Waals surface area contributed by atoms with Gasteiger partial charge in [0.1, 0.15) is 17.4 Å². The maximum Gasteiger partial charge on any atom is 0.170 e. The molecule has 27 heavy (non-hydrogen) atoms. The van der Waals surface area contributed by atoms with Crippen molar-refractivity contribution in [2.45, 2.75) is 6.42 Å². The highest BCUT2D eigenvalue weighted by atomic mass is 19.1. The molecule has 0 atom stereocenters. The molecule has 2 heterocycles. The maximum atomic E-state index is 13.4. The van der Waals surface area contributed by atoms with E-state index in [1.165, 1.54) is 12.1 Å². The molecule has 2 aromatic heterocycles. The minimum Gasteiger partial charge on any atom is -0.361 e. The van der Waals surface area contributed by atoms with E-state index in [0.717, 1.165) is 16.8 Å². The summed E-state index contributed by atoms with van der Waals surface area (Å²) in [7, 11) is 0. The second kappa shape index (κ2) is 7.18. The predicted octanol–water partition coefficient (Wildman–Crippen LogP) is 4.75. The lowest BCUT2D eigenvalue weighted by Crippen LogP contribution is -1.95. The Hall–Kier alpha value is -3.85. The van der Waals surface area contributed by atoms with Crippen LogP contribution in [0.4, 0.5) is 15.9 Å². The Morgan fingerprint density at radius 1 is 1.07 bits per heavy atom. The molecule has 5 nitrogen and oxygen atoms in total. The SMILES string of the molecule is N#Cc1c(Nc2cccc(F)c2)n[nH]c1Cc1cccc(-c2ccc[nH]2)c1. The van der Waals surface area contributed by atoms with Gasteiger partial charge in [0.05, 0.1) is 5.69 Å². The summed E-state index contributed by atoms with van der Waals surface area (Å²) in [6.07, 6.45) is 2.42. The molecule has 0 bridgehead atoms. The number of hydrogen-bond acceptors (Lipinski definition) is 3. The third kappa shape index (κ3) is 3.58. The number of nitrogens with zero attached hydrogens (tertiary/aromatic N) is 2. The summed E-state index contributed by atoms with van der Waals surface area (Å²) in [4.78, 5) is 3.19. The zero-order chi connectivity index (χ0) is 18.6. The van der Waals surface area contributed by atoms with E-state index in [-0.39, 0.29) is 5.82 Å². The van der Waals surface area contributed by atoms with Gasteiger partial charge in [-0.25, -0.2) is 4.39 Å². The first-order valence-electron chi connectivity index (χ1n) is 8.45. The van der Waals surface area contributed by atoms with Crippen molar-refractivity contribution >= 4 is 11.5 Å². The standard InChI is InChI=1S/C21H16FN5/c22-16-6-2-7-17(12-16)25-21-18(13-23)20(26-27-21)11-14-4-1-5-15(10-14)19-8-3-9-24-19/h1-10,12,24H,11H2,(H2,25,26,27). The number of hydrogen-bond donors (Lipinski definition) is 3. The highest BCUT2D eigenvalue weighted by Gasteiger charge is 2.14. The van der Waals surface area contributed by atoms with Crippen molar-refractivity contribution in [3.63, 3.8) is 0 Å². The Morgan fingerprint density at radius 3 is 2.74 bits per heavy atom. The van der Waals surface area contributed by atoms with E-state index >= 15 is 0 Å². The summed E-state index contributed by atoms with van der Waals surface area (Å²) in [5.74, 6) is 0.0361. The molecular formula is C21H16FN5. The van der Waals surface area contributed by atoms with Crippen molar-refractivity contribution < 1.29 is 4.39 Å². The van der Waals surface area contributed by atoms with Gasteiger partial charge in [-0.05, 0) is 47.5 Å². The van der Waals surface area contributed by atoms with Gasteiger partial charge < -0.3 is 10.3 Å². The molecule has 0 fully saturated rings. The largest absolute Gasteiger partial charge is 0.361 e. The van der Waals surface area contributed by atoms with E-state index in [4.69, 9.17) is 0 Å². The van der Waals surface area contributed by atoms with Crippen molar-refractivity contribution in [1.82, 2.24) is 15.2 Å². The third-order valence-electron chi connectivity index (χ3n) is 4.26. The van der Waals surface area contributed by atoms with Gasteiger partial charge in [-0.1, -0.05) is 24.3 Å². The molecule has 4 aromatic rings. The number of nitriles is 1. The van der Waals surface area contributed by atoms with E-state index in [2.05, 4.69) is 32.6 Å². The Kier molecular flexibility index (Phi) is 4.42. The van der Waals surface area contributed by atoms with Crippen LogP contribution in [0.3, 0.4) is 0 Å². The highest BCUT2D eigenvalue weighted by molar-refractivity contribution is 5.65. The van der Waals surface area contributed by atoms with Crippen LogP contribution in [0.15, 0.2) is 66.9 Å². The topological polar surface area (TPSA) is 80.3 Å². The quantitative estimate of drug-likeness (QED) is 0.482. The van der Waals surface area contributed by atoms with Crippen LogP contribution in [0.2, 0.25) is 0 Å². The minimum absolute atomic E-state index is 0.351. The van der Waals surface area contributed by atoms with E-state index in [1.807, 2.05) is 36.5 Å². The Bertz CT molecular complexity index is 1110. The van der Waals surface area contributed by atoms with Crippen LogP contribution in [0.5, 0.6) is 0 Å². The average Bonchev–Trinajstić information content (AvgIpc) is 3.32. The predicted molar refractivity (Wildman–Crippen MR) is 102 cm³/mol. The minimum atomic E-state index is -0.351. The fraction of sp³-hybridized carbons (Fsp3) is 0.0476. The first kappa shape index (κ1) is 16.6. The summed E-state index contributed by atoms with van der Waals surface area (Å²) in [6, 6.07) is 20.3. The first-order valence-corrected chi connectivity index (χ1v) is 8.45. The Balaban J connectivity index is 1.59. The molecule has 0 saturated carbocycles. The molecule has 0 saturated heterocycles. The molecule has 0 spiro atoms. The van der Waals surface area contributed by atoms with Crippen LogP contribution in [-0.2, 0) is 6.42 Å². The fourth-order valence-corrected chi connectivity index (χ4v) is 2.98. The fourth-order valence-electron chi connectivity index (χ4n) is 2.98. The summed E-state index contributed by atoms with van der Waals surface area (Å²) >= 11 is 0. The zero-order valence-corrected chi connectivity index (χ0v) is 14.3. The number of H-pyrrole nitrogens is 2. The normalized spacial score (nSPS) is 10.5. The molecule has 6 heteroatoms. The van der Waals surface area contributed by atoms with E-state index in [0.29, 0.717) is 29.2 Å². The van der Waals surface area contributed by atoms with Gasteiger partial charge in [0.2, 0.25) is 0 Å². The van der Waals surface area contributed by atoms with Crippen molar-refractivity contribution in [2.75, 3.05) is 5.32 Å². The van der Waals surface area contributed by atoms with Crippen molar-refractivity contribution in [1.29, 1.82) is 5.26 Å². The van der Waals surface area contributed by atoms with Gasteiger partial charge in [0, 0.05) is 24.0 Å². The maximum absolute atomic E-state index is 13.4. The summed E-state index contributed by atoms with van der Waals surface area (Å²) < 4.78 is 13.4. The Morgan fingerprint density at radius 2 is 1.96 bits per heavy atom. The molecule has 0 aliphatic heterocycles. The molecule has 0 amide bonds. The summed E-state index contributed by atoms with van der Waals surface area (Å²) in [5, 5.41) is 19.7. The number of aromatic amines is 2. The second-order valence-corrected chi connectivity index (χ2v) is 6.13. The lowest BCUT2D eigenvalue weighted by Gasteiger charge is -2.05. The van der Waals surface area contributed by atoms with Crippen LogP contribution < -0.4 is 5.32 Å². The smallest absolute Gasteiger partial charge is 0.170 e. The van der Waals surface area contributed by atoms with Gasteiger partial charge in [-0.2, -0.15) is 10.4 Å². The highest BCUT2D eigenvalue weighted by Crippen LogP contribution is 2.24. The zero-order valence-electron chi connectivity index (χ0n) is 14.3. The molecule has 2 aromatic carbocycles. The van der Waals surface area contributed by atoms with Crippen LogP contribution in [0, 0.1) is 17.1 Å². The van der Waals surface area contributed by atoms with Gasteiger partial charge in [-0.3, -0.25) is 5.10 Å². The number of nitrogens with one attached hydrogen (secondary N) is 3. The number of halogens is 1. The van der Waals surface area contributed by atoms with Crippen molar-refractivity contribution in [3.8, 4) is 17.3 Å². The lowest BCUT2D eigenvalue weighted by atomic mass is 10.0. The van der Waals surface area contributed by atoms with Gasteiger partial charge in [0.15, 0.2) is 5.82 Å². The van der Waals surface area contributed by atoms with Crippen molar-refractivity contribution in [3.05, 3.63) is 89.5 Å².